The second kappa shape index (κ2) is 25.7. The van der Waals surface area contributed by atoms with Gasteiger partial charge in [-0.25, -0.2) is 4.57 Å². The van der Waals surface area contributed by atoms with Crippen molar-refractivity contribution in [2.24, 2.45) is 0 Å². The molecule has 0 rings (SSSR count). The van der Waals surface area contributed by atoms with Crippen LogP contribution in [0.25, 0.3) is 0 Å². The van der Waals surface area contributed by atoms with E-state index in [1.54, 1.807) is 0 Å². The van der Waals surface area contributed by atoms with E-state index >= 15 is 0 Å². The maximum atomic E-state index is 12.3. The van der Waals surface area contributed by atoms with Crippen LogP contribution in [0.15, 0.2) is 12.2 Å². The second-order valence-corrected chi connectivity index (χ2v) is 11.2. The first-order valence-electron chi connectivity index (χ1n) is 14.6. The standard InChI is InChI=1S/C28H53O10P/c1-3-5-6-7-8-9-10-11-12-13-14-15-16-17-18-20-28(32)38-26(23-35-27(31)19-4-2)24-37-39(33,34)36-22-25(30)21-29/h11-12,25-26,29-30H,3-10,13-24H2,1-2H3,(H,33,34)/b12-11-. The lowest BCUT2D eigenvalue weighted by Gasteiger charge is -2.20. The largest absolute Gasteiger partial charge is 0.472 e. The van der Waals surface area contributed by atoms with E-state index < -0.39 is 51.8 Å². The predicted molar refractivity (Wildman–Crippen MR) is 150 cm³/mol. The van der Waals surface area contributed by atoms with Gasteiger partial charge in [-0.05, 0) is 38.5 Å². The Bertz CT molecular complexity index is 685. The minimum absolute atomic E-state index is 0.174. The van der Waals surface area contributed by atoms with Crippen LogP contribution in [0.1, 0.15) is 117 Å². The van der Waals surface area contributed by atoms with Gasteiger partial charge in [-0.2, -0.15) is 0 Å². The lowest BCUT2D eigenvalue weighted by atomic mass is 10.1. The zero-order valence-corrected chi connectivity index (χ0v) is 25.0. The minimum atomic E-state index is -4.58. The Labute approximate surface area is 235 Å². The summed E-state index contributed by atoms with van der Waals surface area (Å²) in [5.41, 5.74) is 0. The van der Waals surface area contributed by atoms with E-state index in [1.807, 2.05) is 6.92 Å². The molecule has 3 atom stereocenters. The number of carbonyl (C=O) groups is 2. The van der Waals surface area contributed by atoms with Crippen LogP contribution < -0.4 is 0 Å². The molecule has 230 valence electrons. The Balaban J connectivity index is 4.18. The first-order chi connectivity index (χ1) is 18.7. The summed E-state index contributed by atoms with van der Waals surface area (Å²) >= 11 is 0. The molecular formula is C28H53O10P. The summed E-state index contributed by atoms with van der Waals surface area (Å²) in [4.78, 5) is 33.7. The summed E-state index contributed by atoms with van der Waals surface area (Å²) < 4.78 is 31.8. The SMILES string of the molecule is CCCCCCCC/C=C\CCCCCCCC(=O)OC(COC(=O)CCC)COP(=O)(O)OCC(O)CO. The quantitative estimate of drug-likeness (QED) is 0.0473. The Kier molecular flexibility index (Phi) is 24.8. The van der Waals surface area contributed by atoms with E-state index in [0.29, 0.717) is 12.8 Å². The number of esters is 2. The molecule has 11 heteroatoms. The highest BCUT2D eigenvalue weighted by Gasteiger charge is 2.27. The number of unbranched alkanes of at least 4 members (excludes halogenated alkanes) is 11. The van der Waals surface area contributed by atoms with Crippen molar-refractivity contribution in [2.75, 3.05) is 26.4 Å². The van der Waals surface area contributed by atoms with Crippen LogP contribution in [0.2, 0.25) is 0 Å². The first kappa shape index (κ1) is 37.7. The molecule has 0 fully saturated rings. The molecule has 0 aliphatic heterocycles. The van der Waals surface area contributed by atoms with Gasteiger partial charge in [0.2, 0.25) is 0 Å². The van der Waals surface area contributed by atoms with Gasteiger partial charge in [0.15, 0.2) is 6.10 Å². The maximum Gasteiger partial charge on any atom is 0.472 e. The minimum Gasteiger partial charge on any atom is -0.462 e. The van der Waals surface area contributed by atoms with Crippen LogP contribution in [0, 0.1) is 0 Å². The second-order valence-electron chi connectivity index (χ2n) is 9.78. The molecule has 0 aromatic carbocycles. The van der Waals surface area contributed by atoms with Gasteiger partial charge in [0.1, 0.15) is 12.7 Å². The highest BCUT2D eigenvalue weighted by atomic mass is 31.2. The summed E-state index contributed by atoms with van der Waals surface area (Å²) in [6, 6.07) is 0. The Morgan fingerprint density at radius 1 is 0.744 bits per heavy atom. The van der Waals surface area contributed by atoms with Crippen molar-refractivity contribution in [1.29, 1.82) is 0 Å². The number of aliphatic hydroxyl groups is 2. The van der Waals surface area contributed by atoms with Gasteiger partial charge in [-0.15, -0.1) is 0 Å². The normalized spacial score (nSPS) is 14.7. The summed E-state index contributed by atoms with van der Waals surface area (Å²) in [7, 11) is -4.58. The monoisotopic (exact) mass is 580 g/mol. The third kappa shape index (κ3) is 25.4. The first-order valence-corrected chi connectivity index (χ1v) is 16.1. The Morgan fingerprint density at radius 2 is 1.31 bits per heavy atom. The van der Waals surface area contributed by atoms with E-state index in [0.717, 1.165) is 38.5 Å². The molecule has 0 heterocycles. The smallest absolute Gasteiger partial charge is 0.462 e. The molecule has 0 bridgehead atoms. The molecule has 0 aliphatic carbocycles. The molecule has 0 aromatic rings. The zero-order chi connectivity index (χ0) is 29.2. The third-order valence-electron chi connectivity index (χ3n) is 5.89. The molecule has 0 amide bonds. The molecule has 39 heavy (non-hydrogen) atoms. The van der Waals surface area contributed by atoms with Crippen LogP contribution >= 0.6 is 7.82 Å². The van der Waals surface area contributed by atoms with Crippen LogP contribution in [0.5, 0.6) is 0 Å². The van der Waals surface area contributed by atoms with Crippen LogP contribution in [-0.4, -0.2) is 65.7 Å². The molecule has 3 N–H and O–H groups in total. The van der Waals surface area contributed by atoms with E-state index in [2.05, 4.69) is 23.6 Å². The summed E-state index contributed by atoms with van der Waals surface area (Å²) in [5, 5.41) is 18.0. The van der Waals surface area contributed by atoms with Crippen molar-refractivity contribution in [3.05, 3.63) is 12.2 Å². The summed E-state index contributed by atoms with van der Waals surface area (Å²) in [6.45, 7) is 1.92. The lowest BCUT2D eigenvalue weighted by Crippen LogP contribution is -2.29. The molecule has 0 saturated carbocycles. The van der Waals surface area contributed by atoms with E-state index in [1.165, 1.54) is 38.5 Å². The molecule has 3 unspecified atom stereocenters. The predicted octanol–water partition coefficient (Wildman–Crippen LogP) is 5.77. The van der Waals surface area contributed by atoms with Crippen LogP contribution in [-0.2, 0) is 32.7 Å². The van der Waals surface area contributed by atoms with Crippen molar-refractivity contribution < 1.29 is 47.8 Å². The molecule has 0 spiro atoms. The highest BCUT2D eigenvalue weighted by molar-refractivity contribution is 7.47. The number of aliphatic hydroxyl groups excluding tert-OH is 2. The van der Waals surface area contributed by atoms with Gasteiger partial charge in [0.05, 0.1) is 19.8 Å². The fraction of sp³-hybridized carbons (Fsp3) is 0.857. The van der Waals surface area contributed by atoms with E-state index in [9.17, 15) is 24.2 Å². The van der Waals surface area contributed by atoms with Gasteiger partial charge >= 0.3 is 19.8 Å². The molecule has 0 radical (unpaired) electrons. The third-order valence-corrected chi connectivity index (χ3v) is 6.84. The number of phosphoric ester groups is 1. The van der Waals surface area contributed by atoms with Crippen molar-refractivity contribution >= 4 is 19.8 Å². The van der Waals surface area contributed by atoms with Gasteiger partial charge in [-0.3, -0.25) is 18.6 Å². The van der Waals surface area contributed by atoms with Crippen molar-refractivity contribution in [3.8, 4) is 0 Å². The van der Waals surface area contributed by atoms with Crippen molar-refractivity contribution in [2.45, 2.75) is 129 Å². The maximum absolute atomic E-state index is 12.3. The Morgan fingerprint density at radius 3 is 1.90 bits per heavy atom. The highest BCUT2D eigenvalue weighted by Crippen LogP contribution is 2.43. The summed E-state index contributed by atoms with van der Waals surface area (Å²) in [6.07, 6.45) is 18.0. The van der Waals surface area contributed by atoms with Gasteiger partial charge in [0.25, 0.3) is 0 Å². The fourth-order valence-corrected chi connectivity index (χ4v) is 4.40. The average molecular weight is 581 g/mol. The van der Waals surface area contributed by atoms with E-state index in [-0.39, 0.29) is 19.4 Å². The van der Waals surface area contributed by atoms with Crippen molar-refractivity contribution in [3.63, 3.8) is 0 Å². The number of rotatable bonds is 27. The van der Waals surface area contributed by atoms with E-state index in [4.69, 9.17) is 19.1 Å². The van der Waals surface area contributed by atoms with Gasteiger partial charge in [-0.1, -0.05) is 77.4 Å². The lowest BCUT2D eigenvalue weighted by molar-refractivity contribution is -0.161. The molecular weight excluding hydrogens is 527 g/mol. The number of carbonyl (C=O) groups excluding carboxylic acids is 2. The Hall–Kier alpha value is -1.29. The van der Waals surface area contributed by atoms with Crippen LogP contribution in [0.3, 0.4) is 0 Å². The zero-order valence-electron chi connectivity index (χ0n) is 24.1. The van der Waals surface area contributed by atoms with Crippen LogP contribution in [0.4, 0.5) is 0 Å². The van der Waals surface area contributed by atoms with Gasteiger partial charge in [0, 0.05) is 12.8 Å². The van der Waals surface area contributed by atoms with Gasteiger partial charge < -0.3 is 24.6 Å². The molecule has 10 nitrogen and oxygen atoms in total. The molecule has 0 saturated heterocycles. The topological polar surface area (TPSA) is 149 Å². The molecule has 0 aromatic heterocycles. The number of hydrogen-bond donors (Lipinski definition) is 3. The molecule has 0 aliphatic rings. The van der Waals surface area contributed by atoms with Crippen molar-refractivity contribution in [1.82, 2.24) is 0 Å². The number of ether oxygens (including phenoxy) is 2. The fourth-order valence-electron chi connectivity index (χ4n) is 3.61. The number of hydrogen-bond acceptors (Lipinski definition) is 9. The number of allylic oxidation sites excluding steroid dienone is 2. The number of phosphoric acid groups is 1. The summed E-state index contributed by atoms with van der Waals surface area (Å²) in [5.74, 6) is -0.998. The average Bonchev–Trinajstić information content (AvgIpc) is 2.91.